The van der Waals surface area contributed by atoms with Crippen LogP contribution >= 0.6 is 0 Å². The van der Waals surface area contributed by atoms with Gasteiger partial charge in [-0.15, -0.1) is 0 Å². The first-order valence-electron chi connectivity index (χ1n) is 13.2. The average Bonchev–Trinajstić information content (AvgIpc) is 3.71. The van der Waals surface area contributed by atoms with Gasteiger partial charge < -0.3 is 37.6 Å². The highest BCUT2D eigenvalue weighted by atomic mass is 16.7. The van der Waals surface area contributed by atoms with Gasteiger partial charge in [-0.1, -0.05) is 0 Å². The molecule has 2 aliphatic rings. The Bertz CT molecular complexity index is 1670. The molecule has 0 spiro atoms. The first-order valence-corrected chi connectivity index (χ1v) is 13.2. The second-order valence-corrected chi connectivity index (χ2v) is 9.55. The lowest BCUT2D eigenvalue weighted by Crippen LogP contribution is -2.27. The van der Waals surface area contributed by atoms with Crippen molar-refractivity contribution in [3.8, 4) is 11.5 Å². The number of methoxy groups -OCH3 is 2. The smallest absolute Gasteiger partial charge is 0.251 e. The fourth-order valence-electron chi connectivity index (χ4n) is 4.97. The Morgan fingerprint density at radius 1 is 0.732 bits per heavy atom. The molecule has 0 radical (unpaired) electrons. The van der Waals surface area contributed by atoms with Gasteiger partial charge in [0.1, 0.15) is 11.5 Å². The maximum absolute atomic E-state index is 12.3. The van der Waals surface area contributed by atoms with E-state index < -0.39 is 6.29 Å². The molecule has 4 heterocycles. The van der Waals surface area contributed by atoms with Gasteiger partial charge in [-0.3, -0.25) is 14.4 Å². The van der Waals surface area contributed by atoms with Gasteiger partial charge in [0.05, 0.1) is 64.8 Å². The van der Waals surface area contributed by atoms with Crippen LogP contribution in [0.2, 0.25) is 0 Å². The van der Waals surface area contributed by atoms with Crippen molar-refractivity contribution in [2.24, 2.45) is 0 Å². The molecule has 6 rings (SSSR count). The number of ether oxygens (including phenoxy) is 6. The van der Waals surface area contributed by atoms with E-state index in [1.54, 1.807) is 47.6 Å². The van der Waals surface area contributed by atoms with Crippen LogP contribution in [-0.2, 0) is 32.0 Å². The number of pyridine rings is 2. The van der Waals surface area contributed by atoms with E-state index in [2.05, 4.69) is 0 Å². The van der Waals surface area contributed by atoms with Crippen LogP contribution in [0, 0.1) is 6.92 Å². The molecule has 0 unspecified atom stereocenters. The topological polar surface area (TPSA) is 116 Å². The molecule has 11 nitrogen and oxygen atoms in total. The third kappa shape index (κ3) is 6.18. The van der Waals surface area contributed by atoms with Crippen LogP contribution in [0.25, 0.3) is 21.8 Å². The number of hydrogen-bond donors (Lipinski definition) is 0. The van der Waals surface area contributed by atoms with E-state index in [1.165, 1.54) is 6.07 Å². The van der Waals surface area contributed by atoms with E-state index in [4.69, 9.17) is 28.4 Å². The summed E-state index contributed by atoms with van der Waals surface area (Å²) in [4.78, 5) is 35.7. The number of rotatable bonds is 7. The van der Waals surface area contributed by atoms with Crippen molar-refractivity contribution in [2.45, 2.75) is 32.6 Å². The molecule has 2 aliphatic heterocycles. The van der Waals surface area contributed by atoms with Gasteiger partial charge in [-0.2, -0.15) is 0 Å². The first-order chi connectivity index (χ1) is 19.9. The van der Waals surface area contributed by atoms with Crippen LogP contribution in [0.1, 0.15) is 15.9 Å². The standard InChI is InChI=1S/C15H15NO5.C15H17NO4/c1-19-11-2-3-12-10(9-17)6-14(18)16(13(12)7-11)8-15-20-4-5-21-15;1-10-7-14(17)16(9-15-19-5-6-20-15)13-8-11(18-2)3-4-12(10)13/h2-3,6-7,9,15H,4-5,8H2,1H3;3-4,7-8,15H,5-6,9H2,1-2H3. The number of aldehydes is 1. The fourth-order valence-corrected chi connectivity index (χ4v) is 4.97. The van der Waals surface area contributed by atoms with E-state index >= 15 is 0 Å². The number of aryl methyl sites for hydroxylation is 1. The number of fused-ring (bicyclic) bond motifs is 2. The van der Waals surface area contributed by atoms with Crippen molar-refractivity contribution in [1.29, 1.82) is 0 Å². The van der Waals surface area contributed by atoms with Gasteiger partial charge in [-0.25, -0.2) is 0 Å². The highest BCUT2D eigenvalue weighted by Crippen LogP contribution is 2.24. The predicted octanol–water partition coefficient (Wildman–Crippen LogP) is 2.89. The molecule has 2 fully saturated rings. The zero-order valence-electron chi connectivity index (χ0n) is 23.2. The number of carbonyl (C=O) groups is 1. The zero-order chi connectivity index (χ0) is 28.9. The van der Waals surface area contributed by atoms with Crippen molar-refractivity contribution < 1.29 is 33.2 Å². The summed E-state index contributed by atoms with van der Waals surface area (Å²) in [5.41, 5.74) is 2.47. The van der Waals surface area contributed by atoms with Gasteiger partial charge in [-0.05, 0) is 36.8 Å². The molecule has 11 heteroatoms. The Balaban J connectivity index is 0.000000165. The number of carbonyl (C=O) groups excluding carboxylic acids is 1. The summed E-state index contributed by atoms with van der Waals surface area (Å²) >= 11 is 0. The maximum Gasteiger partial charge on any atom is 0.251 e. The summed E-state index contributed by atoms with van der Waals surface area (Å²) in [6.07, 6.45) is -0.118. The Labute approximate surface area is 235 Å². The first kappa shape index (κ1) is 28.5. The van der Waals surface area contributed by atoms with Crippen molar-refractivity contribution in [1.82, 2.24) is 9.13 Å². The molecule has 41 heavy (non-hydrogen) atoms. The summed E-state index contributed by atoms with van der Waals surface area (Å²) < 4.78 is 35.3. The minimum Gasteiger partial charge on any atom is -0.497 e. The average molecular weight is 565 g/mol. The van der Waals surface area contributed by atoms with Gasteiger partial charge in [0, 0.05) is 40.6 Å². The molecule has 2 saturated heterocycles. The normalized spacial score (nSPS) is 15.7. The number of aromatic nitrogens is 2. The number of nitrogens with zero attached hydrogens (tertiary/aromatic N) is 2. The van der Waals surface area contributed by atoms with E-state index in [1.807, 2.05) is 25.1 Å². The third-order valence-electron chi connectivity index (χ3n) is 7.05. The summed E-state index contributed by atoms with van der Waals surface area (Å²) in [6, 6.07) is 14.0. The van der Waals surface area contributed by atoms with E-state index in [9.17, 15) is 14.4 Å². The van der Waals surface area contributed by atoms with E-state index in [0.717, 1.165) is 22.2 Å². The predicted molar refractivity (Wildman–Crippen MR) is 151 cm³/mol. The lowest BCUT2D eigenvalue weighted by atomic mass is 10.1. The highest BCUT2D eigenvalue weighted by molar-refractivity contribution is 5.96. The molecule has 2 aromatic heterocycles. The largest absolute Gasteiger partial charge is 0.497 e. The molecule has 0 aliphatic carbocycles. The van der Waals surface area contributed by atoms with Crippen LogP contribution in [0.4, 0.5) is 0 Å². The molecule has 0 bridgehead atoms. The van der Waals surface area contributed by atoms with Crippen molar-refractivity contribution >= 4 is 28.1 Å². The van der Waals surface area contributed by atoms with Gasteiger partial charge in [0.25, 0.3) is 11.1 Å². The lowest BCUT2D eigenvalue weighted by molar-refractivity contribution is -0.0525. The van der Waals surface area contributed by atoms with Crippen LogP contribution in [0.3, 0.4) is 0 Å². The molecular weight excluding hydrogens is 532 g/mol. The SMILES string of the molecule is COc1ccc2c(C)cc(=O)n(CC3OCCO3)c2c1.COc1ccc2c(C=O)cc(=O)n(CC3OCCO3)c2c1. The number of benzene rings is 2. The fraction of sp³-hybridized carbons (Fsp3) is 0.367. The van der Waals surface area contributed by atoms with Crippen LogP contribution in [0.15, 0.2) is 58.1 Å². The Hall–Kier alpha value is -4.03. The molecule has 0 saturated carbocycles. The van der Waals surface area contributed by atoms with E-state index in [0.29, 0.717) is 61.5 Å². The molecule has 2 aromatic carbocycles. The third-order valence-corrected chi connectivity index (χ3v) is 7.05. The molecule has 216 valence electrons. The Kier molecular flexibility index (Phi) is 8.79. The number of hydrogen-bond acceptors (Lipinski definition) is 9. The second-order valence-electron chi connectivity index (χ2n) is 9.55. The minimum atomic E-state index is -0.445. The van der Waals surface area contributed by atoms with Crippen molar-refractivity contribution in [3.05, 3.63) is 80.4 Å². The summed E-state index contributed by atoms with van der Waals surface area (Å²) in [5, 5.41) is 1.73. The van der Waals surface area contributed by atoms with Gasteiger partial charge >= 0.3 is 0 Å². The molecule has 0 atom stereocenters. The Morgan fingerprint density at radius 2 is 1.20 bits per heavy atom. The maximum atomic E-state index is 12.3. The van der Waals surface area contributed by atoms with Crippen molar-refractivity contribution in [2.75, 3.05) is 40.6 Å². The quantitative estimate of drug-likeness (QED) is 0.313. The molecular formula is C30H32N2O9. The zero-order valence-corrected chi connectivity index (χ0v) is 23.2. The van der Waals surface area contributed by atoms with Crippen LogP contribution in [-0.4, -0.2) is 68.6 Å². The van der Waals surface area contributed by atoms with Crippen molar-refractivity contribution in [3.63, 3.8) is 0 Å². The summed E-state index contributed by atoms with van der Waals surface area (Å²) in [6.45, 7) is 4.80. The van der Waals surface area contributed by atoms with Gasteiger partial charge in [0.2, 0.25) is 0 Å². The molecule has 0 N–H and O–H groups in total. The van der Waals surface area contributed by atoms with Gasteiger partial charge in [0.15, 0.2) is 18.9 Å². The minimum absolute atomic E-state index is 0.0534. The second kappa shape index (κ2) is 12.6. The van der Waals surface area contributed by atoms with Crippen LogP contribution in [0.5, 0.6) is 11.5 Å². The highest BCUT2D eigenvalue weighted by Gasteiger charge is 2.20. The van der Waals surface area contributed by atoms with E-state index in [-0.39, 0.29) is 24.0 Å². The molecule has 4 aromatic rings. The Morgan fingerprint density at radius 3 is 1.68 bits per heavy atom. The van der Waals surface area contributed by atoms with Crippen LogP contribution < -0.4 is 20.6 Å². The monoisotopic (exact) mass is 564 g/mol. The lowest BCUT2D eigenvalue weighted by Gasteiger charge is -2.16. The molecule has 0 amide bonds. The summed E-state index contributed by atoms with van der Waals surface area (Å²) in [5.74, 6) is 1.34. The summed E-state index contributed by atoms with van der Waals surface area (Å²) in [7, 11) is 3.17.